The number of hydrogen-bond donors (Lipinski definition) is 0. The third-order valence-corrected chi connectivity index (χ3v) is 4.07. The van der Waals surface area contributed by atoms with Gasteiger partial charge in [-0.05, 0) is 18.9 Å². The Morgan fingerprint density at radius 3 is 2.73 bits per heavy atom. The molecule has 0 bridgehead atoms. The van der Waals surface area contributed by atoms with E-state index >= 15 is 0 Å². The molecule has 1 heterocycles. The second-order valence-electron chi connectivity index (χ2n) is 5.80. The highest BCUT2D eigenvalue weighted by atomic mass is 16.6. The zero-order chi connectivity index (χ0) is 15.8. The molecule has 3 nitrogen and oxygen atoms in total. The molecule has 2 rings (SSSR count). The topological polar surface area (TPSA) is 35.5 Å². The minimum Gasteiger partial charge on any atom is -0.493 e. The number of benzene rings is 1. The van der Waals surface area contributed by atoms with Crippen molar-refractivity contribution in [1.29, 1.82) is 0 Å². The summed E-state index contributed by atoms with van der Waals surface area (Å²) in [4.78, 5) is 12.1. The van der Waals surface area contributed by atoms with E-state index in [9.17, 15) is 4.79 Å². The van der Waals surface area contributed by atoms with Gasteiger partial charge in [0.1, 0.15) is 0 Å². The van der Waals surface area contributed by atoms with E-state index in [1.807, 2.05) is 24.3 Å². The van der Waals surface area contributed by atoms with E-state index in [1.54, 1.807) is 7.11 Å². The van der Waals surface area contributed by atoms with Gasteiger partial charge in [0.2, 0.25) is 0 Å². The number of esters is 1. The first-order valence-corrected chi connectivity index (χ1v) is 8.33. The Bertz CT molecular complexity index is 531. The molecule has 3 heteroatoms. The average molecular weight is 302 g/mol. The molecule has 1 aromatic rings. The number of para-hydroxylation sites is 1. The predicted octanol–water partition coefficient (Wildman–Crippen LogP) is 4.83. The Morgan fingerprint density at radius 2 is 1.95 bits per heavy atom. The fraction of sp³-hybridized carbons (Fsp3) is 0.526. The predicted molar refractivity (Wildman–Crippen MR) is 88.4 cm³/mol. The summed E-state index contributed by atoms with van der Waals surface area (Å²) in [5, 5.41) is 0. The lowest BCUT2D eigenvalue weighted by atomic mass is 9.99. The van der Waals surface area contributed by atoms with Crippen molar-refractivity contribution in [1.82, 2.24) is 0 Å². The summed E-state index contributed by atoms with van der Waals surface area (Å²) in [7, 11) is 1.59. The molecular formula is C19H26O3. The van der Waals surface area contributed by atoms with Crippen LogP contribution in [0.1, 0.15) is 57.4 Å². The molecule has 22 heavy (non-hydrogen) atoms. The lowest BCUT2D eigenvalue weighted by Gasteiger charge is -2.20. The van der Waals surface area contributed by atoms with E-state index in [2.05, 4.69) is 6.92 Å². The van der Waals surface area contributed by atoms with Gasteiger partial charge in [-0.25, -0.2) is 4.79 Å². The number of fused-ring (bicyclic) bond motifs is 1. The molecule has 0 N–H and O–H groups in total. The number of methoxy groups -OCH3 is 1. The lowest BCUT2D eigenvalue weighted by Crippen LogP contribution is -2.20. The smallest absolute Gasteiger partial charge is 0.339 e. The maximum Gasteiger partial charge on any atom is 0.339 e. The minimum absolute atomic E-state index is 0.233. The highest BCUT2D eigenvalue weighted by molar-refractivity contribution is 5.93. The molecule has 120 valence electrons. The first-order chi connectivity index (χ1) is 10.8. The first kappa shape index (κ1) is 16.6. The second-order valence-corrected chi connectivity index (χ2v) is 5.80. The van der Waals surface area contributed by atoms with E-state index in [0.717, 1.165) is 24.0 Å². The van der Waals surface area contributed by atoms with E-state index in [4.69, 9.17) is 9.47 Å². The minimum atomic E-state index is -0.233. The molecule has 1 aliphatic heterocycles. The lowest BCUT2D eigenvalue weighted by molar-refractivity contribution is -0.131. The van der Waals surface area contributed by atoms with Crippen LogP contribution in [0.5, 0.6) is 11.5 Å². The van der Waals surface area contributed by atoms with Crippen LogP contribution in [-0.2, 0) is 11.2 Å². The van der Waals surface area contributed by atoms with E-state index in [1.165, 1.54) is 32.1 Å². The maximum absolute atomic E-state index is 12.1. The van der Waals surface area contributed by atoms with Crippen LogP contribution in [0.3, 0.4) is 0 Å². The van der Waals surface area contributed by atoms with Gasteiger partial charge in [-0.1, -0.05) is 57.2 Å². The Morgan fingerprint density at radius 1 is 1.18 bits per heavy atom. The molecule has 0 spiro atoms. The third-order valence-electron chi connectivity index (χ3n) is 4.07. The van der Waals surface area contributed by atoms with E-state index < -0.39 is 0 Å². The van der Waals surface area contributed by atoms with Crippen molar-refractivity contribution in [3.05, 3.63) is 35.4 Å². The SMILES string of the molecule is CCCCCCCC/C=C1/Cc2cccc(OC)c2OC1=O. The summed E-state index contributed by atoms with van der Waals surface area (Å²) in [6.45, 7) is 2.23. The quantitative estimate of drug-likeness (QED) is 0.298. The molecule has 0 radical (unpaired) electrons. The van der Waals surface area contributed by atoms with Gasteiger partial charge >= 0.3 is 5.97 Å². The summed E-state index contributed by atoms with van der Waals surface area (Å²) in [6, 6.07) is 5.74. The maximum atomic E-state index is 12.1. The van der Waals surface area contributed by atoms with E-state index in [0.29, 0.717) is 17.9 Å². The molecule has 1 aromatic carbocycles. The molecule has 0 saturated heterocycles. The van der Waals surface area contributed by atoms with Crippen LogP contribution in [0.2, 0.25) is 0 Å². The van der Waals surface area contributed by atoms with Crippen LogP contribution in [0.15, 0.2) is 29.8 Å². The zero-order valence-electron chi connectivity index (χ0n) is 13.7. The number of rotatable bonds is 8. The van der Waals surface area contributed by atoms with Crippen LogP contribution in [0, 0.1) is 0 Å². The average Bonchev–Trinajstić information content (AvgIpc) is 2.53. The van der Waals surface area contributed by atoms with Crippen molar-refractivity contribution in [2.45, 2.75) is 58.3 Å². The van der Waals surface area contributed by atoms with Gasteiger partial charge < -0.3 is 9.47 Å². The van der Waals surface area contributed by atoms with Crippen molar-refractivity contribution in [3.63, 3.8) is 0 Å². The van der Waals surface area contributed by atoms with Crippen LogP contribution in [-0.4, -0.2) is 13.1 Å². The first-order valence-electron chi connectivity index (χ1n) is 8.33. The highest BCUT2D eigenvalue weighted by Gasteiger charge is 2.24. The van der Waals surface area contributed by atoms with Crippen molar-refractivity contribution in [2.24, 2.45) is 0 Å². The van der Waals surface area contributed by atoms with E-state index in [-0.39, 0.29) is 5.97 Å². The van der Waals surface area contributed by atoms with Gasteiger partial charge in [0.25, 0.3) is 0 Å². The molecule has 0 saturated carbocycles. The molecule has 1 aliphatic rings. The molecule has 0 amide bonds. The molecule has 0 atom stereocenters. The molecule has 0 fully saturated rings. The Kier molecular flexibility index (Phi) is 6.50. The fourth-order valence-electron chi connectivity index (χ4n) is 2.77. The zero-order valence-corrected chi connectivity index (χ0v) is 13.7. The van der Waals surface area contributed by atoms with Gasteiger partial charge in [-0.2, -0.15) is 0 Å². The van der Waals surface area contributed by atoms with Gasteiger partial charge in [-0.15, -0.1) is 0 Å². The second kappa shape index (κ2) is 8.62. The standard InChI is InChI=1S/C19H26O3/c1-3-4-5-6-7-8-9-11-16-14-15-12-10-13-17(21-2)18(15)22-19(16)20/h10-13H,3-9,14H2,1-2H3/b16-11-. The number of ether oxygens (including phenoxy) is 2. The number of allylic oxidation sites excluding steroid dienone is 1. The van der Waals surface area contributed by atoms with Gasteiger partial charge in [0.15, 0.2) is 11.5 Å². The van der Waals surface area contributed by atoms with Crippen molar-refractivity contribution in [3.8, 4) is 11.5 Å². The summed E-state index contributed by atoms with van der Waals surface area (Å²) in [5.41, 5.74) is 1.79. The van der Waals surface area contributed by atoms with Gasteiger partial charge in [0.05, 0.1) is 7.11 Å². The third kappa shape index (κ3) is 4.36. The number of carbonyl (C=O) groups is 1. The summed E-state index contributed by atoms with van der Waals surface area (Å²) < 4.78 is 10.7. The number of hydrogen-bond acceptors (Lipinski definition) is 3. The Hall–Kier alpha value is -1.77. The summed E-state index contributed by atoms with van der Waals surface area (Å²) in [5.74, 6) is 0.968. The Balaban J connectivity index is 1.88. The van der Waals surface area contributed by atoms with Crippen LogP contribution < -0.4 is 9.47 Å². The fourth-order valence-corrected chi connectivity index (χ4v) is 2.77. The normalized spacial score (nSPS) is 15.5. The van der Waals surface area contributed by atoms with Gasteiger partial charge in [-0.3, -0.25) is 0 Å². The van der Waals surface area contributed by atoms with Crippen LogP contribution in [0.25, 0.3) is 0 Å². The number of carbonyl (C=O) groups excluding carboxylic acids is 1. The molecule has 0 aromatic heterocycles. The van der Waals surface area contributed by atoms with Crippen LogP contribution in [0.4, 0.5) is 0 Å². The number of unbranched alkanes of at least 4 members (excludes halogenated alkanes) is 6. The molecule has 0 aliphatic carbocycles. The molecule has 0 unspecified atom stereocenters. The van der Waals surface area contributed by atoms with Crippen LogP contribution >= 0.6 is 0 Å². The monoisotopic (exact) mass is 302 g/mol. The van der Waals surface area contributed by atoms with Crippen molar-refractivity contribution in [2.75, 3.05) is 7.11 Å². The largest absolute Gasteiger partial charge is 0.493 e. The molecular weight excluding hydrogens is 276 g/mol. The van der Waals surface area contributed by atoms with Crippen molar-refractivity contribution < 1.29 is 14.3 Å². The summed E-state index contributed by atoms with van der Waals surface area (Å²) >= 11 is 0. The Labute approximate surface area is 133 Å². The summed E-state index contributed by atoms with van der Waals surface area (Å²) in [6.07, 6.45) is 11.2. The van der Waals surface area contributed by atoms with Gasteiger partial charge in [0, 0.05) is 17.6 Å². The highest BCUT2D eigenvalue weighted by Crippen LogP contribution is 2.36. The van der Waals surface area contributed by atoms with Crippen molar-refractivity contribution >= 4 is 5.97 Å².